The molecule has 0 radical (unpaired) electrons. The molecule has 1 atom stereocenters. The number of nitrogens with zero attached hydrogens (tertiary/aromatic N) is 4. The summed E-state index contributed by atoms with van der Waals surface area (Å²) in [6.07, 6.45) is 3.65. The third-order valence-corrected chi connectivity index (χ3v) is 6.93. The van der Waals surface area contributed by atoms with Gasteiger partial charge in [0, 0.05) is 24.6 Å². The van der Waals surface area contributed by atoms with E-state index in [1.54, 1.807) is 23.3 Å². The Hall–Kier alpha value is -3.10. The molecular weight excluding hydrogens is 434 g/mol. The molecule has 1 aromatic carbocycles. The van der Waals surface area contributed by atoms with Gasteiger partial charge in [-0.3, -0.25) is 9.20 Å². The Balaban J connectivity index is 1.71. The first-order chi connectivity index (χ1) is 15.0. The van der Waals surface area contributed by atoms with Gasteiger partial charge in [0.2, 0.25) is 5.91 Å². The monoisotopic (exact) mass is 453 g/mol. The lowest BCUT2D eigenvalue weighted by Gasteiger charge is -2.14. The number of benzene rings is 1. The first-order valence-corrected chi connectivity index (χ1v) is 11.1. The molecule has 1 fully saturated rings. The van der Waals surface area contributed by atoms with Crippen LogP contribution in [0.25, 0.3) is 26.9 Å². The van der Waals surface area contributed by atoms with Gasteiger partial charge in [-0.15, -0.1) is 11.3 Å². The van der Waals surface area contributed by atoms with E-state index in [-0.39, 0.29) is 11.8 Å². The Bertz CT molecular complexity index is 1340. The van der Waals surface area contributed by atoms with Crippen molar-refractivity contribution < 1.29 is 9.53 Å². The van der Waals surface area contributed by atoms with Crippen molar-refractivity contribution in [1.29, 1.82) is 0 Å². The summed E-state index contributed by atoms with van der Waals surface area (Å²) in [4.78, 5) is 23.1. The maximum atomic E-state index is 12.1. The number of methoxy groups -OCH3 is 1. The van der Waals surface area contributed by atoms with Crippen molar-refractivity contribution >= 4 is 50.3 Å². The summed E-state index contributed by atoms with van der Waals surface area (Å²) in [5.74, 6) is 1.84. The summed E-state index contributed by atoms with van der Waals surface area (Å²) in [5.41, 5.74) is 8.53. The van der Waals surface area contributed by atoms with E-state index in [1.807, 2.05) is 15.8 Å². The van der Waals surface area contributed by atoms with E-state index in [1.165, 1.54) is 12.3 Å². The number of carbonyl (C=O) groups is 1. The van der Waals surface area contributed by atoms with Crippen molar-refractivity contribution in [1.82, 2.24) is 19.3 Å². The number of nitrogen functional groups attached to an aromatic ring is 1. The van der Waals surface area contributed by atoms with Gasteiger partial charge in [-0.2, -0.15) is 0 Å². The quantitative estimate of drug-likeness (QED) is 0.464. The normalized spacial score (nSPS) is 16.3. The van der Waals surface area contributed by atoms with Gasteiger partial charge in [-0.25, -0.2) is 9.97 Å². The average Bonchev–Trinajstić information content (AvgIpc) is 3.52. The Morgan fingerprint density at radius 2 is 2.29 bits per heavy atom. The van der Waals surface area contributed by atoms with Crippen LogP contribution < -0.4 is 10.5 Å². The summed E-state index contributed by atoms with van der Waals surface area (Å²) in [6.45, 7) is 4.79. The van der Waals surface area contributed by atoms with Crippen LogP contribution in [0.4, 0.5) is 5.82 Å². The zero-order valence-electron chi connectivity index (χ0n) is 16.8. The number of thiophene rings is 1. The second-order valence-corrected chi connectivity index (χ2v) is 8.76. The molecule has 0 bridgehead atoms. The molecule has 0 spiro atoms. The van der Waals surface area contributed by atoms with Gasteiger partial charge in [0.05, 0.1) is 18.0 Å². The van der Waals surface area contributed by atoms with Crippen LogP contribution in [-0.2, 0) is 4.79 Å². The molecule has 1 aliphatic rings. The van der Waals surface area contributed by atoms with Crippen LogP contribution in [0.1, 0.15) is 18.2 Å². The highest BCUT2D eigenvalue weighted by Gasteiger charge is 2.31. The van der Waals surface area contributed by atoms with Crippen LogP contribution in [0, 0.1) is 0 Å². The van der Waals surface area contributed by atoms with Gasteiger partial charge in [-0.1, -0.05) is 18.2 Å². The Labute approximate surface area is 187 Å². The molecule has 31 heavy (non-hydrogen) atoms. The molecule has 4 aromatic rings. The van der Waals surface area contributed by atoms with E-state index >= 15 is 0 Å². The van der Waals surface area contributed by atoms with Crippen LogP contribution in [0.5, 0.6) is 5.75 Å². The fraction of sp³-hybridized carbons (Fsp3) is 0.227. The van der Waals surface area contributed by atoms with Crippen molar-refractivity contribution in [2.45, 2.75) is 12.3 Å². The molecule has 9 heteroatoms. The number of amides is 1. The molecule has 2 N–H and O–H groups in total. The fourth-order valence-corrected chi connectivity index (χ4v) is 5.34. The zero-order chi connectivity index (χ0) is 21.7. The minimum atomic E-state index is -0.0801. The molecule has 5 rings (SSSR count). The molecule has 1 aliphatic heterocycles. The Morgan fingerprint density at radius 3 is 3.06 bits per heavy atom. The summed E-state index contributed by atoms with van der Waals surface area (Å²) in [6, 6.07) is 6.09. The van der Waals surface area contributed by atoms with Crippen molar-refractivity contribution in [2.24, 2.45) is 0 Å². The molecule has 0 saturated carbocycles. The molecule has 158 valence electrons. The topological polar surface area (TPSA) is 85.8 Å². The highest BCUT2D eigenvalue weighted by molar-refractivity contribution is 7.17. The van der Waals surface area contributed by atoms with E-state index in [0.29, 0.717) is 35.3 Å². The number of imidazole rings is 1. The van der Waals surface area contributed by atoms with E-state index in [2.05, 4.69) is 23.7 Å². The number of halogens is 1. The number of ether oxygens (including phenoxy) is 1. The van der Waals surface area contributed by atoms with Gasteiger partial charge in [0.15, 0.2) is 0 Å². The lowest BCUT2D eigenvalue weighted by atomic mass is 10.1. The Morgan fingerprint density at radius 1 is 1.45 bits per heavy atom. The number of fused-ring (bicyclic) bond motifs is 2. The number of rotatable bonds is 4. The number of hydrogen-bond donors (Lipinski definition) is 1. The predicted molar refractivity (Wildman–Crippen MR) is 124 cm³/mol. The molecule has 0 aliphatic carbocycles. The second-order valence-electron chi connectivity index (χ2n) is 7.46. The van der Waals surface area contributed by atoms with Crippen molar-refractivity contribution in [3.8, 4) is 17.0 Å². The summed E-state index contributed by atoms with van der Waals surface area (Å²) in [5, 5.41) is 3.53. The van der Waals surface area contributed by atoms with Gasteiger partial charge in [-0.05, 0) is 41.5 Å². The SMILES string of the molecule is C=CC(=O)N1CC[C@H](c2nc(-c3cc(OC)c4sccc4c3)c3c(N)ncc(Cl)n23)C1. The zero-order valence-corrected chi connectivity index (χ0v) is 18.4. The lowest BCUT2D eigenvalue weighted by Crippen LogP contribution is -2.26. The summed E-state index contributed by atoms with van der Waals surface area (Å²) in [7, 11) is 1.66. The lowest BCUT2D eigenvalue weighted by molar-refractivity contribution is -0.125. The van der Waals surface area contributed by atoms with Crippen LogP contribution in [0.3, 0.4) is 0 Å². The van der Waals surface area contributed by atoms with Gasteiger partial charge >= 0.3 is 0 Å². The molecule has 7 nitrogen and oxygen atoms in total. The molecule has 3 aromatic heterocycles. The van der Waals surface area contributed by atoms with Crippen LogP contribution in [0.2, 0.25) is 5.15 Å². The smallest absolute Gasteiger partial charge is 0.245 e. The second kappa shape index (κ2) is 7.55. The highest BCUT2D eigenvalue weighted by Crippen LogP contribution is 2.40. The molecule has 1 saturated heterocycles. The first kappa shape index (κ1) is 19.8. The van der Waals surface area contributed by atoms with Gasteiger partial charge in [0.1, 0.15) is 33.8 Å². The first-order valence-electron chi connectivity index (χ1n) is 9.81. The fourth-order valence-electron chi connectivity index (χ4n) is 4.24. The molecule has 4 heterocycles. The largest absolute Gasteiger partial charge is 0.495 e. The number of hydrogen-bond acceptors (Lipinski definition) is 6. The summed E-state index contributed by atoms with van der Waals surface area (Å²) < 4.78 is 8.56. The van der Waals surface area contributed by atoms with E-state index in [4.69, 9.17) is 27.1 Å². The highest BCUT2D eigenvalue weighted by atomic mass is 35.5. The standard InChI is InChI=1S/C22H20ClN5O2S/c1-3-17(29)27-6-4-13(11-27)22-26-18(19-21(24)25-10-16(23)28(19)22)14-8-12-5-7-31-20(12)15(9-14)30-2/h3,5,7-10,13H,1,4,6,11H2,2H3,(H2,24,25)/t13-/m0/s1. The van der Waals surface area contributed by atoms with Crippen molar-refractivity contribution in [2.75, 3.05) is 25.9 Å². The minimum Gasteiger partial charge on any atom is -0.495 e. The Kier molecular flexibility index (Phi) is 4.83. The number of carbonyl (C=O) groups excluding carboxylic acids is 1. The van der Waals surface area contributed by atoms with Crippen LogP contribution in [-0.4, -0.2) is 45.4 Å². The third kappa shape index (κ3) is 3.14. The van der Waals surface area contributed by atoms with Gasteiger partial charge in [0.25, 0.3) is 0 Å². The maximum absolute atomic E-state index is 12.1. The minimum absolute atomic E-state index is 0.0243. The molecule has 0 unspecified atom stereocenters. The molecule has 1 amide bonds. The summed E-state index contributed by atoms with van der Waals surface area (Å²) >= 11 is 8.19. The number of likely N-dealkylation sites (tertiary alicyclic amines) is 1. The number of nitrogens with two attached hydrogens (primary N) is 1. The van der Waals surface area contributed by atoms with Crippen molar-refractivity contribution in [3.05, 3.63) is 53.4 Å². The van der Waals surface area contributed by atoms with Crippen LogP contribution in [0.15, 0.2) is 42.4 Å². The predicted octanol–water partition coefficient (Wildman–Crippen LogP) is 4.36. The van der Waals surface area contributed by atoms with E-state index < -0.39 is 0 Å². The maximum Gasteiger partial charge on any atom is 0.245 e. The van der Waals surface area contributed by atoms with Gasteiger partial charge < -0.3 is 15.4 Å². The molecular formula is C22H20ClN5O2S. The van der Waals surface area contributed by atoms with Crippen LogP contribution >= 0.6 is 22.9 Å². The van der Waals surface area contributed by atoms with Crippen molar-refractivity contribution in [3.63, 3.8) is 0 Å². The third-order valence-electron chi connectivity index (χ3n) is 5.72. The van der Waals surface area contributed by atoms with E-state index in [0.717, 1.165) is 33.6 Å². The van der Waals surface area contributed by atoms with E-state index in [9.17, 15) is 4.79 Å². The average molecular weight is 454 g/mol. The number of aromatic nitrogens is 3. The number of anilines is 1.